The Morgan fingerprint density at radius 1 is 0.676 bits per heavy atom. The first-order valence-corrected chi connectivity index (χ1v) is 12.5. The van der Waals surface area contributed by atoms with E-state index in [9.17, 15) is 18.0 Å². The van der Waals surface area contributed by atoms with Crippen molar-refractivity contribution in [3.05, 3.63) is 102 Å². The average molecular weight is 493 g/mol. The van der Waals surface area contributed by atoms with Gasteiger partial charge in [-0.25, -0.2) is 13.2 Å². The number of urea groups is 1. The summed E-state index contributed by atoms with van der Waals surface area (Å²) in [6, 6.07) is 24.6. The molecule has 0 aliphatic carbocycles. The van der Waals surface area contributed by atoms with Crippen LogP contribution >= 0.6 is 11.3 Å². The number of hydrogen-bond donors (Lipinski definition) is 4. The molecule has 0 aliphatic heterocycles. The Morgan fingerprint density at radius 2 is 1.32 bits per heavy atom. The minimum absolute atomic E-state index is 0.148. The lowest BCUT2D eigenvalue weighted by atomic mass is 10.1. The molecule has 0 saturated carbocycles. The summed E-state index contributed by atoms with van der Waals surface area (Å²) in [5.74, 6) is -0.504. The zero-order valence-corrected chi connectivity index (χ0v) is 19.3. The van der Waals surface area contributed by atoms with Crippen molar-refractivity contribution in [2.75, 3.05) is 20.7 Å². The Morgan fingerprint density at radius 3 is 2.06 bits per heavy atom. The SMILES string of the molecule is O=C(Nc1ccccc1)Nc1cccc(NC(=O)c2ccccc2NS(=O)(=O)c2cccs2)c1. The van der Waals surface area contributed by atoms with Gasteiger partial charge in [0.2, 0.25) is 0 Å². The minimum atomic E-state index is -3.81. The smallest absolute Gasteiger partial charge is 0.322 e. The molecule has 1 heterocycles. The predicted octanol–water partition coefficient (Wildman–Crippen LogP) is 5.45. The fourth-order valence-corrected chi connectivity index (χ4v) is 5.14. The summed E-state index contributed by atoms with van der Waals surface area (Å²) in [5.41, 5.74) is 1.86. The van der Waals surface area contributed by atoms with Gasteiger partial charge in [-0.3, -0.25) is 9.52 Å². The van der Waals surface area contributed by atoms with E-state index in [0.29, 0.717) is 17.1 Å². The van der Waals surface area contributed by atoms with Gasteiger partial charge in [0.15, 0.2) is 0 Å². The highest BCUT2D eigenvalue weighted by Gasteiger charge is 2.19. The van der Waals surface area contributed by atoms with Crippen molar-refractivity contribution in [1.82, 2.24) is 0 Å². The van der Waals surface area contributed by atoms with Gasteiger partial charge in [0.05, 0.1) is 11.3 Å². The van der Waals surface area contributed by atoms with Crippen LogP contribution in [0.2, 0.25) is 0 Å². The van der Waals surface area contributed by atoms with E-state index in [1.165, 1.54) is 18.2 Å². The summed E-state index contributed by atoms with van der Waals surface area (Å²) in [7, 11) is -3.81. The number of sulfonamides is 1. The normalized spacial score (nSPS) is 10.8. The molecule has 4 aromatic rings. The molecule has 0 bridgehead atoms. The number of para-hydroxylation sites is 2. The molecule has 0 spiro atoms. The third-order valence-electron chi connectivity index (χ3n) is 4.59. The lowest BCUT2D eigenvalue weighted by molar-refractivity contribution is 0.102. The molecule has 34 heavy (non-hydrogen) atoms. The Hall–Kier alpha value is -4.15. The molecule has 8 nitrogen and oxygen atoms in total. The minimum Gasteiger partial charge on any atom is -0.322 e. The first-order chi connectivity index (χ1) is 16.4. The largest absolute Gasteiger partial charge is 0.323 e. The zero-order valence-electron chi connectivity index (χ0n) is 17.7. The van der Waals surface area contributed by atoms with Gasteiger partial charge in [0.25, 0.3) is 15.9 Å². The Kier molecular flexibility index (Phi) is 6.90. The second-order valence-electron chi connectivity index (χ2n) is 7.06. The highest BCUT2D eigenvalue weighted by atomic mass is 32.2. The maximum Gasteiger partial charge on any atom is 0.323 e. The second-order valence-corrected chi connectivity index (χ2v) is 9.92. The van der Waals surface area contributed by atoms with Gasteiger partial charge >= 0.3 is 6.03 Å². The van der Waals surface area contributed by atoms with E-state index in [1.807, 2.05) is 18.2 Å². The van der Waals surface area contributed by atoms with Crippen LogP contribution in [0, 0.1) is 0 Å². The van der Waals surface area contributed by atoms with Crippen molar-refractivity contribution < 1.29 is 18.0 Å². The fourth-order valence-electron chi connectivity index (χ4n) is 3.07. The van der Waals surface area contributed by atoms with Crippen LogP contribution in [0.3, 0.4) is 0 Å². The molecule has 0 unspecified atom stereocenters. The van der Waals surface area contributed by atoms with Crippen LogP contribution in [0.1, 0.15) is 10.4 Å². The summed E-state index contributed by atoms with van der Waals surface area (Å²) in [6.45, 7) is 0. The van der Waals surface area contributed by atoms with Gasteiger partial charge < -0.3 is 16.0 Å². The predicted molar refractivity (Wildman–Crippen MR) is 135 cm³/mol. The van der Waals surface area contributed by atoms with Gasteiger partial charge in [0, 0.05) is 17.1 Å². The standard InChI is InChI=1S/C24H20N4O4S2/c29-23(20-12-4-5-13-21(20)28-34(31,32)22-14-7-15-33-22)25-18-10-6-11-19(16-18)27-24(30)26-17-8-2-1-3-9-17/h1-16,28H,(H,25,29)(H2,26,27,30). The van der Waals surface area contributed by atoms with Crippen molar-refractivity contribution in [3.8, 4) is 0 Å². The maximum atomic E-state index is 12.9. The third-order valence-corrected chi connectivity index (χ3v) is 7.35. The lowest BCUT2D eigenvalue weighted by Gasteiger charge is -2.13. The molecule has 1 aromatic heterocycles. The molecule has 4 N–H and O–H groups in total. The third kappa shape index (κ3) is 5.80. The second kappa shape index (κ2) is 10.2. The molecule has 3 aromatic carbocycles. The van der Waals surface area contributed by atoms with E-state index >= 15 is 0 Å². The number of anilines is 4. The molecule has 0 radical (unpaired) electrons. The van der Waals surface area contributed by atoms with Crippen LogP contribution < -0.4 is 20.7 Å². The highest BCUT2D eigenvalue weighted by molar-refractivity contribution is 7.94. The first kappa shape index (κ1) is 23.0. The van der Waals surface area contributed by atoms with Crippen LogP contribution in [0.25, 0.3) is 0 Å². The fraction of sp³-hybridized carbons (Fsp3) is 0. The van der Waals surface area contributed by atoms with Crippen molar-refractivity contribution in [2.45, 2.75) is 4.21 Å². The van der Waals surface area contributed by atoms with Gasteiger partial charge in [-0.1, -0.05) is 42.5 Å². The van der Waals surface area contributed by atoms with E-state index in [4.69, 9.17) is 0 Å². The Labute approximate surface area is 200 Å². The van der Waals surface area contributed by atoms with Gasteiger partial charge in [0.1, 0.15) is 4.21 Å². The van der Waals surface area contributed by atoms with Gasteiger partial charge in [-0.05, 0) is 53.9 Å². The number of amides is 3. The molecule has 0 fully saturated rings. The topological polar surface area (TPSA) is 116 Å². The highest BCUT2D eigenvalue weighted by Crippen LogP contribution is 2.24. The summed E-state index contributed by atoms with van der Waals surface area (Å²) < 4.78 is 27.8. The number of rotatable bonds is 7. The summed E-state index contributed by atoms with van der Waals surface area (Å²) in [4.78, 5) is 25.2. The van der Waals surface area contributed by atoms with Crippen molar-refractivity contribution in [1.29, 1.82) is 0 Å². The molecule has 3 amide bonds. The van der Waals surface area contributed by atoms with Crippen molar-refractivity contribution in [3.63, 3.8) is 0 Å². The van der Waals surface area contributed by atoms with E-state index in [0.717, 1.165) is 11.3 Å². The molecule has 0 aliphatic rings. The van der Waals surface area contributed by atoms with Crippen LogP contribution in [0.15, 0.2) is 101 Å². The average Bonchev–Trinajstić information content (AvgIpc) is 3.36. The number of nitrogens with one attached hydrogen (secondary N) is 4. The van der Waals surface area contributed by atoms with Crippen LogP contribution in [0.5, 0.6) is 0 Å². The Balaban J connectivity index is 1.46. The maximum absolute atomic E-state index is 12.9. The van der Waals surface area contributed by atoms with Crippen LogP contribution in [0.4, 0.5) is 27.5 Å². The number of carbonyl (C=O) groups is 2. The first-order valence-electron chi connectivity index (χ1n) is 10.1. The van der Waals surface area contributed by atoms with Gasteiger partial charge in [-0.2, -0.15) is 0 Å². The van der Waals surface area contributed by atoms with Crippen LogP contribution in [-0.2, 0) is 10.0 Å². The summed E-state index contributed by atoms with van der Waals surface area (Å²) >= 11 is 1.08. The number of carbonyl (C=O) groups excluding carboxylic acids is 2. The molecular formula is C24H20N4O4S2. The molecule has 0 saturated heterocycles. The molecule has 0 atom stereocenters. The number of benzene rings is 3. The zero-order chi connectivity index (χ0) is 24.0. The van der Waals surface area contributed by atoms with Crippen molar-refractivity contribution >= 4 is 56.0 Å². The lowest BCUT2D eigenvalue weighted by Crippen LogP contribution is -2.20. The van der Waals surface area contributed by atoms with Gasteiger partial charge in [-0.15, -0.1) is 11.3 Å². The number of hydrogen-bond acceptors (Lipinski definition) is 5. The molecule has 4 rings (SSSR count). The summed E-state index contributed by atoms with van der Waals surface area (Å²) in [6.07, 6.45) is 0. The van der Waals surface area contributed by atoms with Crippen LogP contribution in [-0.4, -0.2) is 20.4 Å². The van der Waals surface area contributed by atoms with E-state index in [2.05, 4.69) is 20.7 Å². The summed E-state index contributed by atoms with van der Waals surface area (Å²) in [5, 5.41) is 9.83. The van der Waals surface area contributed by atoms with Crippen molar-refractivity contribution in [2.24, 2.45) is 0 Å². The van der Waals surface area contributed by atoms with E-state index < -0.39 is 22.0 Å². The van der Waals surface area contributed by atoms with E-state index in [1.54, 1.807) is 60.0 Å². The molecule has 10 heteroatoms. The number of thiophene rings is 1. The Bertz CT molecular complexity index is 1410. The molecular weight excluding hydrogens is 472 g/mol. The van der Waals surface area contributed by atoms with E-state index in [-0.39, 0.29) is 15.5 Å². The molecule has 172 valence electrons. The monoisotopic (exact) mass is 492 g/mol. The quantitative estimate of drug-likeness (QED) is 0.275.